The number of aromatic nitrogens is 1. The largest absolute Gasteiger partial charge is 0.370 e. The molecule has 1 atom stereocenters. The number of hydrogen-bond donors (Lipinski definition) is 1. The van der Waals surface area contributed by atoms with Gasteiger partial charge >= 0.3 is 0 Å². The molecule has 0 saturated carbocycles. The molecule has 1 saturated heterocycles. The summed E-state index contributed by atoms with van der Waals surface area (Å²) in [4.78, 5) is 19.6. The lowest BCUT2D eigenvalue weighted by Gasteiger charge is -2.37. The Kier molecular flexibility index (Phi) is 5.73. The van der Waals surface area contributed by atoms with Gasteiger partial charge < -0.3 is 10.2 Å². The van der Waals surface area contributed by atoms with E-state index in [1.54, 1.807) is 0 Å². The number of amides is 1. The third-order valence-corrected chi connectivity index (χ3v) is 5.59. The molecule has 1 amide bonds. The van der Waals surface area contributed by atoms with Crippen molar-refractivity contribution >= 4 is 22.5 Å². The molecule has 4 nitrogen and oxygen atoms in total. The van der Waals surface area contributed by atoms with Crippen LogP contribution in [0.5, 0.6) is 0 Å². The van der Waals surface area contributed by atoms with E-state index in [9.17, 15) is 4.79 Å². The van der Waals surface area contributed by atoms with E-state index in [0.29, 0.717) is 5.92 Å². The number of pyridine rings is 1. The first-order valence-electron chi connectivity index (χ1n) is 10.2. The molecule has 27 heavy (non-hydrogen) atoms. The summed E-state index contributed by atoms with van der Waals surface area (Å²) in [6, 6.07) is 8.47. The Morgan fingerprint density at radius 2 is 2.04 bits per heavy atom. The Balaban J connectivity index is 1.85. The minimum atomic E-state index is -0.331. The maximum Gasteiger partial charge on any atom is 0.225 e. The minimum Gasteiger partial charge on any atom is -0.370 e. The first-order chi connectivity index (χ1) is 12.8. The van der Waals surface area contributed by atoms with Crippen molar-refractivity contribution in [1.82, 2.24) is 10.3 Å². The van der Waals surface area contributed by atoms with Crippen molar-refractivity contribution in [2.45, 2.75) is 53.9 Å². The SMILES string of the molecule is CCc1c(C)nc2ccccc2c1N1CCCC(CNC(=O)C(C)(C)C)C1. The highest BCUT2D eigenvalue weighted by Gasteiger charge is 2.26. The maximum atomic E-state index is 12.2. The van der Waals surface area contributed by atoms with E-state index in [4.69, 9.17) is 4.98 Å². The Labute approximate surface area is 163 Å². The predicted molar refractivity (Wildman–Crippen MR) is 113 cm³/mol. The summed E-state index contributed by atoms with van der Waals surface area (Å²) in [5, 5.41) is 4.41. The molecule has 0 radical (unpaired) electrons. The molecule has 3 rings (SSSR count). The van der Waals surface area contributed by atoms with Crippen molar-refractivity contribution in [3.8, 4) is 0 Å². The molecule has 2 aromatic rings. The molecular weight excluding hydrogens is 334 g/mol. The van der Waals surface area contributed by atoms with Crippen LogP contribution in [0.15, 0.2) is 24.3 Å². The fraction of sp³-hybridized carbons (Fsp3) is 0.565. The fourth-order valence-corrected chi connectivity index (χ4v) is 4.07. The Hall–Kier alpha value is -2.10. The first kappa shape index (κ1) is 19.7. The number of carbonyl (C=O) groups is 1. The van der Waals surface area contributed by atoms with Crippen LogP contribution in [0.2, 0.25) is 0 Å². The van der Waals surface area contributed by atoms with E-state index in [2.05, 4.69) is 48.3 Å². The molecule has 1 N–H and O–H groups in total. The first-order valence-corrected chi connectivity index (χ1v) is 10.2. The summed E-state index contributed by atoms with van der Waals surface area (Å²) < 4.78 is 0. The lowest BCUT2D eigenvalue weighted by molar-refractivity contribution is -0.128. The zero-order valence-electron chi connectivity index (χ0n) is 17.4. The molecule has 0 spiro atoms. The Morgan fingerprint density at radius 1 is 1.30 bits per heavy atom. The van der Waals surface area contributed by atoms with E-state index in [0.717, 1.165) is 43.7 Å². The molecule has 4 heteroatoms. The Morgan fingerprint density at radius 3 is 2.74 bits per heavy atom. The highest BCUT2D eigenvalue weighted by Crippen LogP contribution is 2.34. The van der Waals surface area contributed by atoms with Gasteiger partial charge in [-0.3, -0.25) is 9.78 Å². The molecule has 1 aromatic carbocycles. The second kappa shape index (κ2) is 7.87. The molecule has 0 aliphatic carbocycles. The molecule has 1 fully saturated rings. The molecular formula is C23H33N3O. The topological polar surface area (TPSA) is 45.2 Å². The highest BCUT2D eigenvalue weighted by atomic mass is 16.2. The Bertz CT molecular complexity index is 822. The molecule has 0 bridgehead atoms. The molecule has 1 aliphatic heterocycles. The summed E-state index contributed by atoms with van der Waals surface area (Å²) >= 11 is 0. The van der Waals surface area contributed by atoms with Gasteiger partial charge in [-0.15, -0.1) is 0 Å². The molecule has 146 valence electrons. The monoisotopic (exact) mass is 367 g/mol. The van der Waals surface area contributed by atoms with Gasteiger partial charge in [0.05, 0.1) is 11.2 Å². The predicted octanol–water partition coefficient (Wildman–Crippen LogP) is 4.48. The van der Waals surface area contributed by atoms with Crippen LogP contribution in [0.4, 0.5) is 5.69 Å². The zero-order chi connectivity index (χ0) is 19.6. The molecule has 1 aromatic heterocycles. The number of para-hydroxylation sites is 1. The van der Waals surface area contributed by atoms with Gasteiger partial charge in [-0.1, -0.05) is 45.9 Å². The van der Waals surface area contributed by atoms with Crippen LogP contribution in [0.1, 0.15) is 51.8 Å². The second-order valence-electron chi connectivity index (χ2n) is 8.81. The van der Waals surface area contributed by atoms with Gasteiger partial charge in [0.25, 0.3) is 0 Å². The van der Waals surface area contributed by atoms with Gasteiger partial charge in [-0.25, -0.2) is 0 Å². The maximum absolute atomic E-state index is 12.2. The number of rotatable bonds is 4. The minimum absolute atomic E-state index is 0.138. The van der Waals surface area contributed by atoms with E-state index in [1.807, 2.05) is 20.8 Å². The van der Waals surface area contributed by atoms with Crippen molar-refractivity contribution in [3.63, 3.8) is 0 Å². The van der Waals surface area contributed by atoms with Crippen molar-refractivity contribution in [2.24, 2.45) is 11.3 Å². The third-order valence-electron chi connectivity index (χ3n) is 5.59. The number of carbonyl (C=O) groups excluding carboxylic acids is 1. The standard InChI is InChI=1S/C23H33N3O/c1-6-18-16(2)25-20-12-8-7-11-19(20)21(18)26-13-9-10-17(15-26)14-24-22(27)23(3,4)5/h7-8,11-12,17H,6,9-10,13-15H2,1-5H3,(H,24,27). The van der Waals surface area contributed by atoms with E-state index in [-0.39, 0.29) is 11.3 Å². The van der Waals surface area contributed by atoms with Gasteiger partial charge in [0.15, 0.2) is 0 Å². The van der Waals surface area contributed by atoms with Crippen LogP contribution in [-0.2, 0) is 11.2 Å². The summed E-state index contributed by atoms with van der Waals surface area (Å²) in [6.07, 6.45) is 3.32. The highest BCUT2D eigenvalue weighted by molar-refractivity contribution is 5.94. The van der Waals surface area contributed by atoms with Gasteiger partial charge in [0.2, 0.25) is 5.91 Å². The summed E-state index contributed by atoms with van der Waals surface area (Å²) in [5.41, 5.74) is 4.59. The quantitative estimate of drug-likeness (QED) is 0.866. The normalized spacial score (nSPS) is 18.0. The number of nitrogens with one attached hydrogen (secondary N) is 1. The zero-order valence-corrected chi connectivity index (χ0v) is 17.4. The summed E-state index contributed by atoms with van der Waals surface area (Å²) in [5.74, 6) is 0.626. The lowest BCUT2D eigenvalue weighted by Crippen LogP contribution is -2.43. The van der Waals surface area contributed by atoms with Crippen LogP contribution in [-0.4, -0.2) is 30.5 Å². The fourth-order valence-electron chi connectivity index (χ4n) is 4.07. The van der Waals surface area contributed by atoms with Crippen molar-refractivity contribution < 1.29 is 4.79 Å². The van der Waals surface area contributed by atoms with Gasteiger partial charge in [-0.2, -0.15) is 0 Å². The summed E-state index contributed by atoms with van der Waals surface area (Å²) in [7, 11) is 0. The lowest BCUT2D eigenvalue weighted by atomic mass is 9.93. The van der Waals surface area contributed by atoms with Crippen molar-refractivity contribution in [3.05, 3.63) is 35.5 Å². The number of aryl methyl sites for hydroxylation is 1. The molecule has 2 heterocycles. The number of fused-ring (bicyclic) bond motifs is 1. The summed E-state index contributed by atoms with van der Waals surface area (Å²) in [6.45, 7) is 13.1. The van der Waals surface area contributed by atoms with E-state index >= 15 is 0 Å². The number of piperidine rings is 1. The average molecular weight is 368 g/mol. The van der Waals surface area contributed by atoms with Gasteiger partial charge in [0, 0.05) is 36.1 Å². The van der Waals surface area contributed by atoms with Gasteiger partial charge in [0.1, 0.15) is 0 Å². The second-order valence-corrected chi connectivity index (χ2v) is 8.81. The molecule has 1 unspecified atom stereocenters. The van der Waals surface area contributed by atoms with Gasteiger partial charge in [-0.05, 0) is 43.7 Å². The van der Waals surface area contributed by atoms with Crippen LogP contribution >= 0.6 is 0 Å². The smallest absolute Gasteiger partial charge is 0.225 e. The third kappa shape index (κ3) is 4.26. The van der Waals surface area contributed by atoms with Crippen LogP contribution in [0, 0.1) is 18.3 Å². The van der Waals surface area contributed by atoms with Crippen molar-refractivity contribution in [1.29, 1.82) is 0 Å². The number of anilines is 1. The van der Waals surface area contributed by atoms with Crippen LogP contribution in [0.3, 0.4) is 0 Å². The average Bonchev–Trinajstić information content (AvgIpc) is 2.64. The number of nitrogens with zero attached hydrogens (tertiary/aromatic N) is 2. The van der Waals surface area contributed by atoms with E-state index in [1.165, 1.54) is 23.1 Å². The van der Waals surface area contributed by atoms with Crippen LogP contribution in [0.25, 0.3) is 10.9 Å². The molecule has 1 aliphatic rings. The van der Waals surface area contributed by atoms with Crippen molar-refractivity contribution in [2.75, 3.05) is 24.5 Å². The van der Waals surface area contributed by atoms with E-state index < -0.39 is 0 Å². The number of benzene rings is 1. The van der Waals surface area contributed by atoms with Crippen LogP contribution < -0.4 is 10.2 Å². The number of hydrogen-bond acceptors (Lipinski definition) is 3.